The van der Waals surface area contributed by atoms with Crippen molar-refractivity contribution in [1.29, 1.82) is 0 Å². The molecule has 0 radical (unpaired) electrons. The Morgan fingerprint density at radius 2 is 1.76 bits per heavy atom. The molecule has 8 heteroatoms. The zero-order valence-electron chi connectivity index (χ0n) is 18.2. The van der Waals surface area contributed by atoms with Crippen LogP contribution in [0.3, 0.4) is 0 Å². The molecule has 0 atom stereocenters. The number of rotatable bonds is 4. The largest absolute Gasteiger partial charge is 0.478 e. The van der Waals surface area contributed by atoms with Gasteiger partial charge in [-0.1, -0.05) is 24.3 Å². The first-order valence-electron chi connectivity index (χ1n) is 10.2. The normalized spacial score (nSPS) is 15.2. The number of nitrogens with one attached hydrogen (secondary N) is 1. The van der Waals surface area contributed by atoms with Gasteiger partial charge in [0.2, 0.25) is 0 Å². The lowest BCUT2D eigenvalue weighted by Gasteiger charge is -2.29. The highest BCUT2D eigenvalue weighted by atomic mass is 32.1. The molecule has 3 aromatic rings. The van der Waals surface area contributed by atoms with Gasteiger partial charge in [-0.3, -0.25) is 19.8 Å². The van der Waals surface area contributed by atoms with Crippen LogP contribution < -0.4 is 10.2 Å². The maximum Gasteiger partial charge on any atom is 0.335 e. The summed E-state index contributed by atoms with van der Waals surface area (Å²) in [5.74, 6) is -2.35. The lowest BCUT2D eigenvalue weighted by atomic mass is 10.1. The molecule has 1 aromatic heterocycles. The summed E-state index contributed by atoms with van der Waals surface area (Å²) in [6.45, 7) is 5.91. The summed E-state index contributed by atoms with van der Waals surface area (Å²) in [4.78, 5) is 38.5. The molecule has 2 amide bonds. The first kappa shape index (κ1) is 22.2. The highest BCUT2D eigenvalue weighted by Crippen LogP contribution is 2.27. The zero-order valence-corrected chi connectivity index (χ0v) is 19.1. The molecule has 2 aromatic carbocycles. The maximum atomic E-state index is 13.3. The Hall–Kier alpha value is -4.04. The van der Waals surface area contributed by atoms with E-state index in [1.165, 1.54) is 18.2 Å². The number of thiocarbonyl (C=S) groups is 1. The lowest BCUT2D eigenvalue weighted by Crippen LogP contribution is -2.54. The van der Waals surface area contributed by atoms with Crippen molar-refractivity contribution >= 4 is 46.9 Å². The van der Waals surface area contributed by atoms with Crippen LogP contribution in [0.4, 0.5) is 5.69 Å². The van der Waals surface area contributed by atoms with Crippen LogP contribution in [0.15, 0.2) is 60.2 Å². The van der Waals surface area contributed by atoms with Crippen LogP contribution in [0.2, 0.25) is 0 Å². The topological polar surface area (TPSA) is 91.6 Å². The fourth-order valence-corrected chi connectivity index (χ4v) is 4.23. The summed E-state index contributed by atoms with van der Waals surface area (Å²) >= 11 is 5.21. The summed E-state index contributed by atoms with van der Waals surface area (Å²) in [7, 11) is 0. The van der Waals surface area contributed by atoms with E-state index in [9.17, 15) is 19.5 Å². The van der Waals surface area contributed by atoms with Gasteiger partial charge >= 0.3 is 5.97 Å². The Labute approximate surface area is 196 Å². The van der Waals surface area contributed by atoms with Crippen molar-refractivity contribution in [1.82, 2.24) is 9.88 Å². The van der Waals surface area contributed by atoms with Gasteiger partial charge in [-0.2, -0.15) is 0 Å². The number of aromatic nitrogens is 1. The second-order valence-electron chi connectivity index (χ2n) is 7.76. The number of benzene rings is 2. The highest BCUT2D eigenvalue weighted by Gasteiger charge is 2.35. The number of hydrogen-bond donors (Lipinski definition) is 2. The van der Waals surface area contributed by atoms with Gasteiger partial charge in [0.05, 0.1) is 11.3 Å². The highest BCUT2D eigenvalue weighted by molar-refractivity contribution is 7.80. The van der Waals surface area contributed by atoms with Gasteiger partial charge in [0.25, 0.3) is 11.8 Å². The Kier molecular flexibility index (Phi) is 5.69. The van der Waals surface area contributed by atoms with Crippen LogP contribution in [0.25, 0.3) is 11.8 Å². The first-order chi connectivity index (χ1) is 15.7. The number of para-hydroxylation sites is 1. The van der Waals surface area contributed by atoms with Crippen LogP contribution in [0.1, 0.15) is 32.9 Å². The van der Waals surface area contributed by atoms with Crippen molar-refractivity contribution in [2.75, 3.05) is 4.90 Å². The van der Waals surface area contributed by atoms with Crippen LogP contribution in [0, 0.1) is 20.8 Å². The summed E-state index contributed by atoms with van der Waals surface area (Å²) in [6, 6.07) is 15.7. The molecule has 33 heavy (non-hydrogen) atoms. The number of aromatic carboxylic acids is 1. The molecule has 7 nitrogen and oxygen atoms in total. The van der Waals surface area contributed by atoms with Gasteiger partial charge in [-0.25, -0.2) is 4.79 Å². The van der Waals surface area contributed by atoms with Crippen molar-refractivity contribution in [2.24, 2.45) is 0 Å². The van der Waals surface area contributed by atoms with Crippen LogP contribution >= 0.6 is 12.2 Å². The minimum atomic E-state index is -1.13. The summed E-state index contributed by atoms with van der Waals surface area (Å²) in [6.07, 6.45) is 1.55. The smallest absolute Gasteiger partial charge is 0.335 e. The molecule has 1 aliphatic rings. The quantitative estimate of drug-likeness (QED) is 0.350. The molecule has 1 aliphatic heterocycles. The molecule has 0 unspecified atom stereocenters. The minimum Gasteiger partial charge on any atom is -0.478 e. The fourth-order valence-electron chi connectivity index (χ4n) is 3.94. The lowest BCUT2D eigenvalue weighted by molar-refractivity contribution is -0.122. The SMILES string of the molecule is Cc1ccccc1-n1c(C)cc(C=C2C(=O)NC(=S)N(c3cccc(C(=O)O)c3)C2=O)c1C. The third-order valence-electron chi connectivity index (χ3n) is 5.58. The average Bonchev–Trinajstić information content (AvgIpc) is 3.04. The van der Waals surface area contributed by atoms with Gasteiger partial charge in [-0.05, 0) is 80.5 Å². The van der Waals surface area contributed by atoms with E-state index in [4.69, 9.17) is 12.2 Å². The Morgan fingerprint density at radius 1 is 1.03 bits per heavy atom. The van der Waals surface area contributed by atoms with Gasteiger partial charge in [0.1, 0.15) is 5.57 Å². The predicted molar refractivity (Wildman–Crippen MR) is 130 cm³/mol. The van der Waals surface area contributed by atoms with E-state index in [2.05, 4.69) is 9.88 Å². The third kappa shape index (κ3) is 3.96. The minimum absolute atomic E-state index is 0.00676. The Bertz CT molecular complexity index is 1370. The summed E-state index contributed by atoms with van der Waals surface area (Å²) in [5.41, 5.74) is 4.86. The molecule has 2 heterocycles. The number of carbonyl (C=O) groups is 3. The molecule has 1 saturated heterocycles. The molecular weight excluding hydrogens is 438 g/mol. The average molecular weight is 460 g/mol. The fraction of sp³-hybridized carbons (Fsp3) is 0.120. The number of carboxylic acids is 1. The molecule has 0 saturated carbocycles. The summed E-state index contributed by atoms with van der Waals surface area (Å²) in [5, 5.41) is 11.7. The van der Waals surface area contributed by atoms with Crippen LogP contribution in [-0.4, -0.2) is 32.6 Å². The van der Waals surface area contributed by atoms with Gasteiger partial charge < -0.3 is 9.67 Å². The van der Waals surface area contributed by atoms with Crippen molar-refractivity contribution in [3.63, 3.8) is 0 Å². The van der Waals surface area contributed by atoms with E-state index in [1.807, 2.05) is 51.1 Å². The van der Waals surface area contributed by atoms with E-state index in [0.717, 1.165) is 33.1 Å². The van der Waals surface area contributed by atoms with Crippen molar-refractivity contribution < 1.29 is 19.5 Å². The van der Waals surface area contributed by atoms with Crippen molar-refractivity contribution in [3.05, 3.63) is 88.2 Å². The van der Waals surface area contributed by atoms with E-state index in [-0.39, 0.29) is 21.9 Å². The Morgan fingerprint density at radius 3 is 2.45 bits per heavy atom. The number of anilines is 1. The molecule has 0 spiro atoms. The first-order valence-corrected chi connectivity index (χ1v) is 10.6. The van der Waals surface area contributed by atoms with Crippen molar-refractivity contribution in [2.45, 2.75) is 20.8 Å². The molecule has 166 valence electrons. The number of carbonyl (C=O) groups excluding carboxylic acids is 2. The molecule has 1 fully saturated rings. The standard InChI is InChI=1S/C25H21N3O4S/c1-14-7-4-5-10-21(14)27-15(2)11-18(16(27)3)13-20-22(29)26-25(33)28(23(20)30)19-9-6-8-17(12-19)24(31)32/h4-13H,1-3H3,(H,31,32)(H,26,29,33). The van der Waals surface area contributed by atoms with E-state index >= 15 is 0 Å². The van der Waals surface area contributed by atoms with Crippen LogP contribution in [0.5, 0.6) is 0 Å². The van der Waals surface area contributed by atoms with Crippen LogP contribution in [-0.2, 0) is 9.59 Å². The second-order valence-corrected chi connectivity index (χ2v) is 8.15. The molecular formula is C25H21N3O4S. The molecule has 2 N–H and O–H groups in total. The summed E-state index contributed by atoms with van der Waals surface area (Å²) < 4.78 is 2.08. The number of carboxylic acid groups (broad SMARTS) is 1. The van der Waals surface area contributed by atoms with E-state index < -0.39 is 17.8 Å². The maximum absolute atomic E-state index is 13.3. The number of aryl methyl sites for hydroxylation is 2. The van der Waals surface area contributed by atoms with Gasteiger partial charge in [0, 0.05) is 17.1 Å². The Balaban J connectivity index is 1.78. The predicted octanol–water partition coefficient (Wildman–Crippen LogP) is 3.93. The number of hydrogen-bond acceptors (Lipinski definition) is 4. The molecule has 0 aliphatic carbocycles. The van der Waals surface area contributed by atoms with Crippen molar-refractivity contribution in [3.8, 4) is 5.69 Å². The second kappa shape index (κ2) is 8.48. The molecule has 0 bridgehead atoms. The molecule has 4 rings (SSSR count). The van der Waals surface area contributed by atoms with E-state index in [1.54, 1.807) is 12.1 Å². The van der Waals surface area contributed by atoms with E-state index in [0.29, 0.717) is 0 Å². The number of amides is 2. The van der Waals surface area contributed by atoms with Gasteiger partial charge in [-0.15, -0.1) is 0 Å². The monoisotopic (exact) mass is 459 g/mol. The number of nitrogens with zero attached hydrogens (tertiary/aromatic N) is 2. The zero-order chi connectivity index (χ0) is 23.9. The van der Waals surface area contributed by atoms with Gasteiger partial charge in [0.15, 0.2) is 5.11 Å². The third-order valence-corrected chi connectivity index (χ3v) is 5.86.